The van der Waals surface area contributed by atoms with E-state index in [4.69, 9.17) is 9.79 Å². The van der Waals surface area contributed by atoms with E-state index in [1.165, 1.54) is 24.3 Å². The summed E-state index contributed by atoms with van der Waals surface area (Å²) in [4.78, 5) is 17.8. The molecule has 0 aliphatic carbocycles. The Morgan fingerprint density at radius 2 is 1.61 bits per heavy atom. The Bertz CT molecular complexity index is 1250. The fraction of sp³-hybridized carbons (Fsp3) is 0.143. The summed E-state index contributed by atoms with van der Waals surface area (Å²) < 4.78 is 54.1. The summed E-state index contributed by atoms with van der Waals surface area (Å²) in [5.41, 5.74) is -2.26. The highest BCUT2D eigenvalue weighted by molar-refractivity contribution is 7.52. The van der Waals surface area contributed by atoms with Crippen LogP contribution in [-0.2, 0) is 16.6 Å². The number of halogens is 3. The predicted molar refractivity (Wildman–Crippen MR) is 108 cm³/mol. The molecule has 10 heteroatoms. The molecule has 4 rings (SSSR count). The number of fused-ring (bicyclic) bond motifs is 1. The van der Waals surface area contributed by atoms with Gasteiger partial charge in [0.1, 0.15) is 11.3 Å². The molecule has 1 unspecified atom stereocenters. The Balaban J connectivity index is 1.72. The second-order valence-corrected chi connectivity index (χ2v) is 8.73. The third-order valence-electron chi connectivity index (χ3n) is 5.02. The van der Waals surface area contributed by atoms with E-state index in [9.17, 15) is 17.7 Å². The molecule has 6 nitrogen and oxygen atoms in total. The van der Waals surface area contributed by atoms with Crippen LogP contribution in [0.1, 0.15) is 22.7 Å². The van der Waals surface area contributed by atoms with Crippen LogP contribution in [0.4, 0.5) is 13.2 Å². The number of para-hydroxylation sites is 1. The Hall–Kier alpha value is -3.00. The lowest BCUT2D eigenvalue weighted by molar-refractivity contribution is 0.0564. The van der Waals surface area contributed by atoms with Crippen molar-refractivity contribution in [2.24, 2.45) is 0 Å². The molecule has 160 valence electrons. The van der Waals surface area contributed by atoms with E-state index in [1.807, 2.05) is 18.2 Å². The fourth-order valence-electron chi connectivity index (χ4n) is 3.38. The quantitative estimate of drug-likeness (QED) is 0.421. The highest BCUT2D eigenvalue weighted by Crippen LogP contribution is 2.59. The molecule has 0 bridgehead atoms. The van der Waals surface area contributed by atoms with Gasteiger partial charge < -0.3 is 9.79 Å². The Labute approximate surface area is 175 Å². The van der Waals surface area contributed by atoms with Crippen molar-refractivity contribution < 1.29 is 27.5 Å². The van der Waals surface area contributed by atoms with Gasteiger partial charge in [-0.05, 0) is 41.8 Å². The fourth-order valence-corrected chi connectivity index (χ4v) is 3.87. The van der Waals surface area contributed by atoms with Crippen molar-refractivity contribution in [2.45, 2.75) is 18.1 Å². The van der Waals surface area contributed by atoms with Gasteiger partial charge in [-0.3, -0.25) is 4.57 Å². The predicted octanol–water partition coefficient (Wildman–Crippen LogP) is 4.63. The summed E-state index contributed by atoms with van der Waals surface area (Å²) >= 11 is 0. The zero-order chi connectivity index (χ0) is 22.2. The first kappa shape index (κ1) is 21.2. The van der Waals surface area contributed by atoms with Crippen LogP contribution < -0.4 is 0 Å². The van der Waals surface area contributed by atoms with Crippen molar-refractivity contribution in [3.8, 4) is 0 Å². The highest BCUT2D eigenvalue weighted by Gasteiger charge is 2.50. The van der Waals surface area contributed by atoms with Crippen molar-refractivity contribution in [3.05, 3.63) is 95.3 Å². The zero-order valence-electron chi connectivity index (χ0n) is 15.9. The lowest BCUT2D eigenvalue weighted by atomic mass is 9.98. The van der Waals surface area contributed by atoms with Gasteiger partial charge in [0.05, 0.1) is 11.6 Å². The van der Waals surface area contributed by atoms with Gasteiger partial charge in [0, 0.05) is 5.56 Å². The molecule has 3 aromatic carbocycles. The van der Waals surface area contributed by atoms with Gasteiger partial charge in [-0.25, -0.2) is 9.07 Å². The standard InChI is InChI=1S/C21H17F3N3O3P/c22-17-11-7-15(8-12-17)20(27-19-4-2-1-3-18(19)25-26-27)13-14-5-9-16(10-6-14)21(23,24)31(28,29)30/h1-12,20H,13H2,(H2,28,29,30). The maximum Gasteiger partial charge on any atom is 0.399 e. The molecule has 1 atom stereocenters. The molecule has 0 saturated heterocycles. The first-order valence-corrected chi connectivity index (χ1v) is 10.9. The van der Waals surface area contributed by atoms with Crippen LogP contribution >= 0.6 is 7.60 Å². The van der Waals surface area contributed by atoms with Crippen molar-refractivity contribution >= 4 is 18.6 Å². The molecule has 0 fully saturated rings. The third kappa shape index (κ3) is 4.12. The first-order valence-electron chi connectivity index (χ1n) is 9.25. The molecular weight excluding hydrogens is 430 g/mol. The second kappa shape index (κ2) is 7.92. The van der Waals surface area contributed by atoms with Gasteiger partial charge in [-0.2, -0.15) is 8.78 Å². The number of hydrogen-bond donors (Lipinski definition) is 2. The molecule has 0 radical (unpaired) electrons. The molecule has 4 aromatic rings. The van der Waals surface area contributed by atoms with Gasteiger partial charge in [0.15, 0.2) is 0 Å². The summed E-state index contributed by atoms with van der Waals surface area (Å²) in [6, 6.07) is 17.5. The van der Waals surface area contributed by atoms with Crippen LogP contribution in [0, 0.1) is 5.82 Å². The van der Waals surface area contributed by atoms with E-state index in [0.29, 0.717) is 17.5 Å². The number of nitrogens with zero attached hydrogens (tertiary/aromatic N) is 3. The summed E-state index contributed by atoms with van der Waals surface area (Å²) in [6.07, 6.45) is 0.306. The molecule has 1 heterocycles. The van der Waals surface area contributed by atoms with Crippen molar-refractivity contribution in [2.75, 3.05) is 0 Å². The lowest BCUT2D eigenvalue weighted by Crippen LogP contribution is -2.16. The maximum absolute atomic E-state index is 13.9. The summed E-state index contributed by atoms with van der Waals surface area (Å²) in [5, 5.41) is 8.38. The smallest absolute Gasteiger partial charge is 0.320 e. The monoisotopic (exact) mass is 447 g/mol. The third-order valence-corrected chi connectivity index (χ3v) is 6.01. The number of aromatic nitrogens is 3. The minimum absolute atomic E-state index is 0.306. The van der Waals surface area contributed by atoms with E-state index in [1.54, 1.807) is 22.9 Å². The zero-order valence-corrected chi connectivity index (χ0v) is 16.8. The van der Waals surface area contributed by atoms with Crippen LogP contribution in [0.3, 0.4) is 0 Å². The average molecular weight is 447 g/mol. The minimum atomic E-state index is -5.64. The van der Waals surface area contributed by atoms with Gasteiger partial charge >= 0.3 is 13.3 Å². The van der Waals surface area contributed by atoms with Crippen LogP contribution in [0.2, 0.25) is 0 Å². The van der Waals surface area contributed by atoms with Gasteiger partial charge in [-0.15, -0.1) is 5.10 Å². The van der Waals surface area contributed by atoms with Crippen molar-refractivity contribution in [1.82, 2.24) is 15.0 Å². The van der Waals surface area contributed by atoms with Gasteiger partial charge in [-0.1, -0.05) is 53.7 Å². The molecule has 0 saturated carbocycles. The van der Waals surface area contributed by atoms with Crippen molar-refractivity contribution in [3.63, 3.8) is 0 Å². The largest absolute Gasteiger partial charge is 0.399 e. The minimum Gasteiger partial charge on any atom is -0.320 e. The molecular formula is C21H17F3N3O3P. The average Bonchev–Trinajstić information content (AvgIpc) is 3.16. The molecule has 31 heavy (non-hydrogen) atoms. The van der Waals surface area contributed by atoms with Gasteiger partial charge in [0.2, 0.25) is 0 Å². The second-order valence-electron chi connectivity index (χ2n) is 7.08. The van der Waals surface area contributed by atoms with E-state index in [0.717, 1.165) is 23.2 Å². The molecule has 0 aliphatic rings. The number of hydrogen-bond acceptors (Lipinski definition) is 3. The lowest BCUT2D eigenvalue weighted by Gasteiger charge is -2.20. The summed E-state index contributed by atoms with van der Waals surface area (Å²) in [6.45, 7) is 0. The number of rotatable bonds is 6. The number of alkyl halides is 2. The SMILES string of the molecule is O=P(O)(O)C(F)(F)c1ccc(CC(c2ccc(F)cc2)n2nnc3ccccc32)cc1. The van der Waals surface area contributed by atoms with Crippen LogP contribution in [0.15, 0.2) is 72.8 Å². The number of benzene rings is 3. The van der Waals surface area contributed by atoms with E-state index in [2.05, 4.69) is 10.3 Å². The van der Waals surface area contributed by atoms with Gasteiger partial charge in [0.25, 0.3) is 0 Å². The van der Waals surface area contributed by atoms with E-state index >= 15 is 0 Å². The molecule has 0 spiro atoms. The van der Waals surface area contributed by atoms with Crippen molar-refractivity contribution in [1.29, 1.82) is 0 Å². The van der Waals surface area contributed by atoms with E-state index in [-0.39, 0.29) is 0 Å². The van der Waals surface area contributed by atoms with E-state index < -0.39 is 30.7 Å². The topological polar surface area (TPSA) is 88.2 Å². The Morgan fingerprint density at radius 1 is 0.968 bits per heavy atom. The van der Waals surface area contributed by atoms with Crippen LogP contribution in [0.5, 0.6) is 0 Å². The molecule has 1 aromatic heterocycles. The molecule has 2 N–H and O–H groups in total. The maximum atomic E-state index is 13.9. The summed E-state index contributed by atoms with van der Waals surface area (Å²) in [5.74, 6) is -0.394. The van der Waals surface area contributed by atoms with Crippen LogP contribution in [0.25, 0.3) is 11.0 Å². The summed E-state index contributed by atoms with van der Waals surface area (Å²) in [7, 11) is -5.64. The highest BCUT2D eigenvalue weighted by atomic mass is 31.2. The first-order chi connectivity index (χ1) is 14.7. The Morgan fingerprint density at radius 3 is 2.26 bits per heavy atom. The Kier molecular flexibility index (Phi) is 5.43. The molecule has 0 amide bonds. The molecule has 0 aliphatic heterocycles. The normalized spacial score (nSPS) is 13.5. The van der Waals surface area contributed by atoms with Crippen LogP contribution in [-0.4, -0.2) is 24.8 Å².